The molecule has 0 saturated heterocycles. The topological polar surface area (TPSA) is 114 Å². The summed E-state index contributed by atoms with van der Waals surface area (Å²) in [6.07, 6.45) is 8.88. The first kappa shape index (κ1) is 37.6. The van der Waals surface area contributed by atoms with E-state index >= 15 is 0 Å². The van der Waals surface area contributed by atoms with Gasteiger partial charge in [-0.15, -0.1) is 0 Å². The van der Waals surface area contributed by atoms with E-state index in [0.717, 1.165) is 66.2 Å². The van der Waals surface area contributed by atoms with Crippen LogP contribution < -0.4 is 14.2 Å². The Labute approximate surface area is 304 Å². The highest BCUT2D eigenvalue weighted by atomic mass is 16.5. The molecule has 0 bridgehead atoms. The van der Waals surface area contributed by atoms with Gasteiger partial charge in [0.1, 0.15) is 17.2 Å². The van der Waals surface area contributed by atoms with E-state index in [1.54, 1.807) is 62.4 Å². The second-order valence-corrected chi connectivity index (χ2v) is 13.1. The number of ether oxygens (including phenoxy) is 5. The SMILES string of the molecule is C=C(C)C(=O)OCCCCCCOc1ccc2cc(C(=O)Oc3ccc(C(=O)Oc4ccc(/C=C/C(=O)OCC5CC5)cc4C)cc3C)ccc2c1. The fourth-order valence-electron chi connectivity index (χ4n) is 5.27. The third kappa shape index (κ3) is 11.2. The number of hydrogen-bond acceptors (Lipinski definition) is 9. The molecule has 0 amide bonds. The van der Waals surface area contributed by atoms with Crippen molar-refractivity contribution in [1.82, 2.24) is 0 Å². The monoisotopic (exact) mass is 704 g/mol. The molecule has 4 aromatic rings. The van der Waals surface area contributed by atoms with E-state index in [2.05, 4.69) is 6.58 Å². The number of unbranched alkanes of at least 4 members (excludes halogenated alkanes) is 3. The third-order valence-corrected chi connectivity index (χ3v) is 8.52. The van der Waals surface area contributed by atoms with Gasteiger partial charge in [0.25, 0.3) is 0 Å². The van der Waals surface area contributed by atoms with Gasteiger partial charge in [-0.2, -0.15) is 0 Å². The van der Waals surface area contributed by atoms with Crippen LogP contribution in [0.3, 0.4) is 0 Å². The van der Waals surface area contributed by atoms with Crippen molar-refractivity contribution in [2.45, 2.75) is 59.3 Å². The van der Waals surface area contributed by atoms with E-state index in [4.69, 9.17) is 23.7 Å². The van der Waals surface area contributed by atoms with Gasteiger partial charge in [-0.3, -0.25) is 0 Å². The van der Waals surface area contributed by atoms with Crippen LogP contribution in [0.2, 0.25) is 0 Å². The average molecular weight is 705 g/mol. The van der Waals surface area contributed by atoms with Crippen molar-refractivity contribution in [2.24, 2.45) is 5.92 Å². The fraction of sp³-hybridized carbons (Fsp3) is 0.302. The highest BCUT2D eigenvalue weighted by Gasteiger charge is 2.22. The molecule has 0 aliphatic heterocycles. The van der Waals surface area contributed by atoms with Gasteiger partial charge in [0.2, 0.25) is 0 Å². The van der Waals surface area contributed by atoms with Gasteiger partial charge in [0.15, 0.2) is 0 Å². The quantitative estimate of drug-likeness (QED) is 0.0460. The van der Waals surface area contributed by atoms with E-state index in [1.165, 1.54) is 6.08 Å². The van der Waals surface area contributed by atoms with Gasteiger partial charge in [-0.05, 0) is 153 Å². The van der Waals surface area contributed by atoms with Crippen molar-refractivity contribution < 1.29 is 42.9 Å². The first-order valence-electron chi connectivity index (χ1n) is 17.6. The summed E-state index contributed by atoms with van der Waals surface area (Å²) < 4.78 is 27.6. The highest BCUT2D eigenvalue weighted by Crippen LogP contribution is 2.29. The molecule has 270 valence electrons. The Balaban J connectivity index is 1.09. The van der Waals surface area contributed by atoms with Crippen molar-refractivity contribution in [3.8, 4) is 17.2 Å². The summed E-state index contributed by atoms with van der Waals surface area (Å²) in [5, 5.41) is 1.80. The van der Waals surface area contributed by atoms with Gasteiger partial charge < -0.3 is 23.7 Å². The minimum absolute atomic E-state index is 0.310. The fourth-order valence-corrected chi connectivity index (χ4v) is 5.27. The molecule has 9 heteroatoms. The molecule has 1 saturated carbocycles. The van der Waals surface area contributed by atoms with Crippen LogP contribution in [0.4, 0.5) is 0 Å². The lowest BCUT2D eigenvalue weighted by Gasteiger charge is -2.11. The second-order valence-electron chi connectivity index (χ2n) is 13.1. The molecule has 0 spiro atoms. The molecule has 0 heterocycles. The lowest BCUT2D eigenvalue weighted by Crippen LogP contribution is -2.12. The summed E-state index contributed by atoms with van der Waals surface area (Å²) in [6, 6.07) is 21.1. The summed E-state index contributed by atoms with van der Waals surface area (Å²) in [4.78, 5) is 49.4. The number of esters is 4. The number of aryl methyl sites for hydroxylation is 2. The predicted molar refractivity (Wildman–Crippen MR) is 199 cm³/mol. The van der Waals surface area contributed by atoms with Crippen LogP contribution in [-0.2, 0) is 19.1 Å². The number of carbonyl (C=O) groups excluding carboxylic acids is 4. The van der Waals surface area contributed by atoms with Crippen LogP contribution in [0.15, 0.2) is 91.0 Å². The minimum Gasteiger partial charge on any atom is -0.494 e. The van der Waals surface area contributed by atoms with Crippen LogP contribution in [0, 0.1) is 19.8 Å². The van der Waals surface area contributed by atoms with E-state index < -0.39 is 11.9 Å². The summed E-state index contributed by atoms with van der Waals surface area (Å²) in [6.45, 7) is 10.2. The predicted octanol–water partition coefficient (Wildman–Crippen LogP) is 8.92. The van der Waals surface area contributed by atoms with Crippen LogP contribution in [-0.4, -0.2) is 43.7 Å². The Morgan fingerprint density at radius 3 is 2.00 bits per heavy atom. The Bertz CT molecular complexity index is 1990. The molecule has 9 nitrogen and oxygen atoms in total. The number of rotatable bonds is 17. The zero-order valence-corrected chi connectivity index (χ0v) is 29.9. The smallest absolute Gasteiger partial charge is 0.343 e. The van der Waals surface area contributed by atoms with Crippen molar-refractivity contribution in [3.05, 3.63) is 119 Å². The zero-order valence-electron chi connectivity index (χ0n) is 29.9. The number of fused-ring (bicyclic) bond motifs is 1. The minimum atomic E-state index is -0.548. The molecule has 0 aromatic heterocycles. The van der Waals surface area contributed by atoms with Crippen molar-refractivity contribution >= 4 is 40.7 Å². The Morgan fingerprint density at radius 1 is 0.712 bits per heavy atom. The zero-order chi connectivity index (χ0) is 37.0. The summed E-state index contributed by atoms with van der Waals surface area (Å²) >= 11 is 0. The molecule has 52 heavy (non-hydrogen) atoms. The lowest BCUT2D eigenvalue weighted by molar-refractivity contribution is -0.139. The van der Waals surface area contributed by atoms with Crippen molar-refractivity contribution in [1.29, 1.82) is 0 Å². The molecule has 0 radical (unpaired) electrons. The Kier molecular flexibility index (Phi) is 13.0. The summed E-state index contributed by atoms with van der Waals surface area (Å²) in [7, 11) is 0. The number of benzene rings is 4. The Morgan fingerprint density at radius 2 is 1.33 bits per heavy atom. The number of hydrogen-bond donors (Lipinski definition) is 0. The molecule has 0 atom stereocenters. The van der Waals surface area contributed by atoms with Crippen molar-refractivity contribution in [3.63, 3.8) is 0 Å². The molecule has 0 unspecified atom stereocenters. The van der Waals surface area contributed by atoms with Crippen LogP contribution in [0.1, 0.15) is 82.9 Å². The summed E-state index contributed by atoms with van der Waals surface area (Å²) in [5.74, 6) is 0.189. The van der Waals surface area contributed by atoms with Crippen LogP contribution in [0.25, 0.3) is 16.8 Å². The molecular weight excluding hydrogens is 660 g/mol. The van der Waals surface area contributed by atoms with Crippen LogP contribution >= 0.6 is 0 Å². The molecular formula is C43H44O9. The first-order chi connectivity index (χ1) is 25.0. The summed E-state index contributed by atoms with van der Waals surface area (Å²) in [5.41, 5.74) is 3.22. The molecule has 4 aromatic carbocycles. The maximum Gasteiger partial charge on any atom is 0.343 e. The Hall–Kier alpha value is -5.70. The second kappa shape index (κ2) is 18.0. The van der Waals surface area contributed by atoms with Gasteiger partial charge >= 0.3 is 23.9 Å². The normalized spacial score (nSPS) is 12.4. The van der Waals surface area contributed by atoms with E-state index in [-0.39, 0.29) is 11.9 Å². The maximum atomic E-state index is 13.1. The van der Waals surface area contributed by atoms with Gasteiger partial charge in [0.05, 0.1) is 30.9 Å². The molecule has 1 aliphatic carbocycles. The largest absolute Gasteiger partial charge is 0.494 e. The maximum absolute atomic E-state index is 13.1. The molecule has 1 fully saturated rings. The number of carbonyl (C=O) groups is 4. The van der Waals surface area contributed by atoms with Gasteiger partial charge in [-0.1, -0.05) is 24.8 Å². The average Bonchev–Trinajstić information content (AvgIpc) is 3.97. The molecule has 1 aliphatic rings. The first-order valence-corrected chi connectivity index (χ1v) is 17.6. The lowest BCUT2D eigenvalue weighted by atomic mass is 10.1. The van der Waals surface area contributed by atoms with Gasteiger partial charge in [-0.25, -0.2) is 19.2 Å². The van der Waals surface area contributed by atoms with E-state index in [1.807, 2.05) is 37.3 Å². The molecule has 0 N–H and O–H groups in total. The molecule has 5 rings (SSSR count). The van der Waals surface area contributed by atoms with Gasteiger partial charge in [0, 0.05) is 11.6 Å². The van der Waals surface area contributed by atoms with E-state index in [0.29, 0.717) is 59.5 Å². The third-order valence-electron chi connectivity index (χ3n) is 8.52. The standard InChI is InChI=1S/C43H44O9/c1-28(2)41(45)49-22-8-6-5-7-21-48-37-17-15-33-25-36(14-13-34(33)26-37)43(47)52-39-19-16-35(24-30(39)4)42(46)51-38-18-11-31(23-29(38)3)12-20-40(44)50-27-32-9-10-32/h11-20,23-26,32H,1,5-10,21-22,27H2,2-4H3/b20-12+. The van der Waals surface area contributed by atoms with Crippen LogP contribution in [0.5, 0.6) is 17.2 Å². The van der Waals surface area contributed by atoms with Crippen molar-refractivity contribution in [2.75, 3.05) is 19.8 Å². The van der Waals surface area contributed by atoms with E-state index in [9.17, 15) is 19.2 Å². The highest BCUT2D eigenvalue weighted by molar-refractivity contribution is 5.97.